The van der Waals surface area contributed by atoms with Gasteiger partial charge in [-0.05, 0) is 34.8 Å². The molecule has 4 N–H and O–H groups in total. The van der Waals surface area contributed by atoms with Crippen molar-refractivity contribution in [1.82, 2.24) is 35.4 Å². The van der Waals surface area contributed by atoms with Crippen molar-refractivity contribution in [2.24, 2.45) is 10.8 Å². The van der Waals surface area contributed by atoms with Crippen LogP contribution in [0, 0.1) is 10.8 Å². The normalized spacial score (nSPS) is 18.8. The fourth-order valence-electron chi connectivity index (χ4n) is 6.57. The number of halogens is 3. The van der Waals surface area contributed by atoms with Gasteiger partial charge in [0.2, 0.25) is 27.6 Å². The van der Waals surface area contributed by atoms with Gasteiger partial charge in [0, 0.05) is 52.1 Å². The number of urea groups is 1. The number of nitrogens with one attached hydrogen (secondary N) is 4. The Morgan fingerprint density at radius 2 is 1.61 bits per heavy atom. The van der Waals surface area contributed by atoms with Crippen molar-refractivity contribution in [2.45, 2.75) is 110 Å². The second kappa shape index (κ2) is 19.6. The molecule has 16 nitrogen and oxygen atoms in total. The third-order valence-electron chi connectivity index (χ3n) is 10.2. The number of likely N-dealkylation sites (tertiary alicyclic amines) is 1. The maximum absolute atomic E-state index is 14.6. The number of Topliss-reactive ketones (excluding diaryl/α,β-unsaturated/α-hetero) is 1. The summed E-state index contributed by atoms with van der Waals surface area (Å²) >= 11 is 0. The highest BCUT2D eigenvalue weighted by Gasteiger charge is 2.48. The molecular weight excluding hydrogens is 800 g/mol. The van der Waals surface area contributed by atoms with E-state index in [0.717, 1.165) is 26.6 Å². The lowest BCUT2D eigenvalue weighted by Crippen LogP contribution is -2.62. The molecule has 1 aromatic rings. The Morgan fingerprint density at radius 3 is 2.17 bits per heavy atom. The number of hydrogen-bond acceptors (Lipinski definition) is 9. The average Bonchev–Trinajstić information content (AvgIpc) is 3.55. The number of likely N-dealkylation sites (N-methyl/N-ethyl adjacent to an activating group) is 1. The van der Waals surface area contributed by atoms with Crippen molar-refractivity contribution in [1.29, 1.82) is 0 Å². The quantitative estimate of drug-likeness (QED) is 0.151. The smallest absolute Gasteiger partial charge is 0.410 e. The minimum absolute atomic E-state index is 0.103. The molecule has 59 heavy (non-hydrogen) atoms. The number of rotatable bonds is 15. The highest BCUT2D eigenvalue weighted by atomic mass is 32.2. The third-order valence-corrected chi connectivity index (χ3v) is 11.5. The summed E-state index contributed by atoms with van der Waals surface area (Å²) in [5.74, 6) is -4.52. The van der Waals surface area contributed by atoms with Gasteiger partial charge in [-0.2, -0.15) is 13.2 Å². The van der Waals surface area contributed by atoms with Crippen LogP contribution in [0.15, 0.2) is 36.9 Å². The van der Waals surface area contributed by atoms with E-state index in [0.29, 0.717) is 13.0 Å². The zero-order valence-electron chi connectivity index (χ0n) is 34.9. The Bertz CT molecular complexity index is 1850. The Morgan fingerprint density at radius 1 is 0.983 bits per heavy atom. The summed E-state index contributed by atoms with van der Waals surface area (Å²) in [7, 11) is -2.27. The van der Waals surface area contributed by atoms with Crippen LogP contribution in [0.1, 0.15) is 71.9 Å². The monoisotopic (exact) mass is 857 g/mol. The van der Waals surface area contributed by atoms with Crippen LogP contribution in [0.4, 0.5) is 22.8 Å². The highest BCUT2D eigenvalue weighted by Crippen LogP contribution is 2.30. The number of carbonyl (C=O) groups excluding carboxylic acids is 6. The van der Waals surface area contributed by atoms with Gasteiger partial charge < -0.3 is 35.8 Å². The molecular formula is C39H58F3N7O9S. The van der Waals surface area contributed by atoms with Gasteiger partial charge in [-0.3, -0.25) is 19.2 Å². The third kappa shape index (κ3) is 14.2. The minimum Gasteiger partial charge on any atom is -0.444 e. The van der Waals surface area contributed by atoms with E-state index in [-0.39, 0.29) is 32.6 Å². The molecule has 330 valence electrons. The molecule has 0 radical (unpaired) electrons. The number of alkyl halides is 3. The zero-order chi connectivity index (χ0) is 44.7. The Balaban J connectivity index is 1.95. The molecule has 2 unspecified atom stereocenters. The molecule has 0 spiro atoms. The van der Waals surface area contributed by atoms with E-state index in [2.05, 4.69) is 27.8 Å². The molecule has 6 amide bonds. The van der Waals surface area contributed by atoms with Gasteiger partial charge in [0.15, 0.2) is 0 Å². The largest absolute Gasteiger partial charge is 0.444 e. The first kappa shape index (κ1) is 48.6. The van der Waals surface area contributed by atoms with Gasteiger partial charge in [-0.15, -0.1) is 6.58 Å². The fraction of sp³-hybridized carbons (Fsp3) is 0.641. The van der Waals surface area contributed by atoms with Crippen LogP contribution < -0.4 is 21.3 Å². The number of ketones is 1. The Labute approximate surface area is 344 Å². The van der Waals surface area contributed by atoms with Gasteiger partial charge in [0.25, 0.3) is 5.91 Å². The van der Waals surface area contributed by atoms with E-state index in [4.69, 9.17) is 4.74 Å². The van der Waals surface area contributed by atoms with E-state index < -0.39 is 106 Å². The van der Waals surface area contributed by atoms with Crippen LogP contribution in [0.25, 0.3) is 0 Å². The number of fused-ring (bicyclic) bond motifs is 1. The SMILES string of the molecule is C=CCNC(=O)C(=O)C(CCC(F)(F)F)NC(=O)[C@@H]1C[C@@H](OC(=O)N2CCc3ccccc3C2)CN1C(=O)C(NC(=O)N[C@H](CN(C)S(C)(=O)=O)C(C)(C)C)C(C)(C)C. The molecule has 1 aromatic carbocycles. The molecule has 2 heterocycles. The zero-order valence-corrected chi connectivity index (χ0v) is 35.7. The summed E-state index contributed by atoms with van der Waals surface area (Å²) in [5.41, 5.74) is 0.281. The maximum Gasteiger partial charge on any atom is 0.410 e. The highest BCUT2D eigenvalue weighted by molar-refractivity contribution is 7.88. The van der Waals surface area contributed by atoms with Gasteiger partial charge in [0.1, 0.15) is 18.2 Å². The maximum atomic E-state index is 14.6. The number of amides is 6. The van der Waals surface area contributed by atoms with Gasteiger partial charge >= 0.3 is 18.3 Å². The van der Waals surface area contributed by atoms with Crippen molar-refractivity contribution >= 4 is 45.7 Å². The summed E-state index contributed by atoms with van der Waals surface area (Å²) in [6.07, 6.45) is -6.60. The van der Waals surface area contributed by atoms with E-state index in [9.17, 15) is 50.4 Å². The van der Waals surface area contributed by atoms with E-state index in [1.807, 2.05) is 24.3 Å². The standard InChI is InChI=1S/C39H58F3N7O9S/c1-10-18-43-33(52)30(50)27(15-17-39(40,41)42)44-32(51)28-20-26(58-36(55)48-19-16-24-13-11-12-14-25(24)21-48)22-49(28)34(53)31(38(5,6)7)46-35(54)45-29(37(2,3)4)23-47(8)59(9,56)57/h10-14,26-29,31H,1,15-23H2,2-9H3,(H,43,52)(H,44,51)(H2,45,46,54)/t26-,27?,28+,29-,31?/m1/s1. The first-order valence-corrected chi connectivity index (χ1v) is 21.1. The molecule has 3 rings (SSSR count). The van der Waals surface area contributed by atoms with Crippen molar-refractivity contribution < 1.29 is 55.1 Å². The van der Waals surface area contributed by atoms with E-state index >= 15 is 0 Å². The Hall–Kier alpha value is -4.72. The second-order valence-corrected chi connectivity index (χ2v) is 19.2. The number of benzene rings is 1. The van der Waals surface area contributed by atoms with Gasteiger partial charge in [0.05, 0.1) is 18.8 Å². The van der Waals surface area contributed by atoms with Gasteiger partial charge in [-0.25, -0.2) is 22.3 Å². The first-order valence-electron chi connectivity index (χ1n) is 19.2. The number of carbonyl (C=O) groups is 6. The van der Waals surface area contributed by atoms with Crippen LogP contribution in [-0.2, 0) is 46.9 Å². The molecule has 5 atom stereocenters. The fourth-order valence-corrected chi connectivity index (χ4v) is 6.99. The molecule has 0 aromatic heterocycles. The number of sulfonamides is 1. The summed E-state index contributed by atoms with van der Waals surface area (Å²) in [6, 6.07) is 1.14. The van der Waals surface area contributed by atoms with Crippen LogP contribution in [0.3, 0.4) is 0 Å². The minimum atomic E-state index is -4.75. The average molecular weight is 858 g/mol. The summed E-state index contributed by atoms with van der Waals surface area (Å²) in [5, 5.41) is 9.84. The molecule has 1 saturated heterocycles. The number of hydrogen-bond donors (Lipinski definition) is 4. The van der Waals surface area contributed by atoms with Crippen LogP contribution in [0.2, 0.25) is 0 Å². The molecule has 2 aliphatic heterocycles. The molecule has 0 bridgehead atoms. The van der Waals surface area contributed by atoms with Crippen LogP contribution >= 0.6 is 0 Å². The predicted molar refractivity (Wildman–Crippen MR) is 212 cm³/mol. The predicted octanol–water partition coefficient (Wildman–Crippen LogP) is 2.87. The van der Waals surface area contributed by atoms with Crippen molar-refractivity contribution in [3.63, 3.8) is 0 Å². The van der Waals surface area contributed by atoms with E-state index in [1.165, 1.54) is 18.0 Å². The number of nitrogens with zero attached hydrogens (tertiary/aromatic N) is 3. The van der Waals surface area contributed by atoms with Crippen molar-refractivity contribution in [3.05, 3.63) is 48.0 Å². The molecule has 0 saturated carbocycles. The lowest BCUT2D eigenvalue weighted by atomic mass is 9.85. The second-order valence-electron chi connectivity index (χ2n) is 17.1. The topological polar surface area (TPSA) is 204 Å². The van der Waals surface area contributed by atoms with Gasteiger partial charge in [-0.1, -0.05) is 71.9 Å². The molecule has 1 fully saturated rings. The van der Waals surface area contributed by atoms with Crippen LogP contribution in [-0.4, -0.2) is 134 Å². The van der Waals surface area contributed by atoms with Crippen molar-refractivity contribution in [2.75, 3.05) is 39.5 Å². The molecule has 20 heteroatoms. The van der Waals surface area contributed by atoms with Crippen molar-refractivity contribution in [3.8, 4) is 0 Å². The Kier molecular flexibility index (Phi) is 16.1. The van der Waals surface area contributed by atoms with Crippen LogP contribution in [0.5, 0.6) is 0 Å². The lowest BCUT2D eigenvalue weighted by Gasteiger charge is -2.37. The summed E-state index contributed by atoms with van der Waals surface area (Å²) in [6.45, 7) is 13.6. The first-order chi connectivity index (χ1) is 27.1. The summed E-state index contributed by atoms with van der Waals surface area (Å²) in [4.78, 5) is 83.8. The molecule has 2 aliphatic rings. The molecule has 0 aliphatic carbocycles. The number of ether oxygens (including phenoxy) is 1. The lowest BCUT2D eigenvalue weighted by molar-refractivity contribution is -0.147. The summed E-state index contributed by atoms with van der Waals surface area (Å²) < 4.78 is 71.3. The van der Waals surface area contributed by atoms with E-state index in [1.54, 1.807) is 41.5 Å².